The average Bonchev–Trinajstić information content (AvgIpc) is 2.19. The van der Waals surface area contributed by atoms with Crippen molar-refractivity contribution in [1.82, 2.24) is 4.90 Å². The van der Waals surface area contributed by atoms with Crippen molar-refractivity contribution >= 4 is 5.97 Å². The zero-order valence-corrected chi connectivity index (χ0v) is 9.91. The van der Waals surface area contributed by atoms with E-state index in [0.29, 0.717) is 6.61 Å². The van der Waals surface area contributed by atoms with Crippen LogP contribution < -0.4 is 0 Å². The van der Waals surface area contributed by atoms with E-state index >= 15 is 0 Å². The number of carbonyl (C=O) groups excluding carboxylic acids is 1. The molecule has 4 nitrogen and oxygen atoms in total. The van der Waals surface area contributed by atoms with Gasteiger partial charge in [-0.25, -0.2) is 0 Å². The number of ether oxygens (including phenoxy) is 2. The lowest BCUT2D eigenvalue weighted by molar-refractivity contribution is -0.155. The molecule has 1 aliphatic heterocycles. The van der Waals surface area contributed by atoms with Crippen molar-refractivity contribution in [3.8, 4) is 0 Å². The van der Waals surface area contributed by atoms with Crippen LogP contribution >= 0.6 is 0 Å². The topological polar surface area (TPSA) is 38.8 Å². The summed E-state index contributed by atoms with van der Waals surface area (Å²) in [7, 11) is 0. The molecule has 1 saturated heterocycles. The molecule has 0 atom stereocenters. The molecular weight excluding hydrogens is 194 g/mol. The van der Waals surface area contributed by atoms with E-state index in [1.54, 1.807) is 0 Å². The summed E-state index contributed by atoms with van der Waals surface area (Å²) in [5, 5.41) is 0. The van der Waals surface area contributed by atoms with E-state index in [4.69, 9.17) is 9.47 Å². The van der Waals surface area contributed by atoms with E-state index < -0.39 is 5.41 Å². The summed E-state index contributed by atoms with van der Waals surface area (Å²) in [5.74, 6) is -0.114. The van der Waals surface area contributed by atoms with E-state index in [-0.39, 0.29) is 5.97 Å². The largest absolute Gasteiger partial charge is 0.466 e. The van der Waals surface area contributed by atoms with Crippen molar-refractivity contribution in [2.45, 2.75) is 20.8 Å². The second-order valence-electron chi connectivity index (χ2n) is 4.49. The number of carbonyl (C=O) groups is 1. The molecule has 0 N–H and O–H groups in total. The molecule has 0 aromatic heterocycles. The first-order valence-corrected chi connectivity index (χ1v) is 5.53. The smallest absolute Gasteiger partial charge is 0.312 e. The lowest BCUT2D eigenvalue weighted by Crippen LogP contribution is -2.45. The molecule has 0 aromatic carbocycles. The zero-order chi connectivity index (χ0) is 11.3. The van der Waals surface area contributed by atoms with Crippen molar-refractivity contribution < 1.29 is 14.3 Å². The number of hydrogen-bond donors (Lipinski definition) is 0. The van der Waals surface area contributed by atoms with Gasteiger partial charge in [0.1, 0.15) is 0 Å². The van der Waals surface area contributed by atoms with Crippen LogP contribution in [0.5, 0.6) is 0 Å². The van der Waals surface area contributed by atoms with E-state index in [2.05, 4.69) is 4.90 Å². The van der Waals surface area contributed by atoms with Gasteiger partial charge in [-0.15, -0.1) is 0 Å². The van der Waals surface area contributed by atoms with Crippen LogP contribution in [0.25, 0.3) is 0 Å². The minimum atomic E-state index is -0.423. The Kier molecular flexibility index (Phi) is 4.54. The third kappa shape index (κ3) is 3.80. The average molecular weight is 215 g/mol. The van der Waals surface area contributed by atoms with Crippen LogP contribution in [0.1, 0.15) is 20.8 Å². The van der Waals surface area contributed by atoms with Gasteiger partial charge in [0.2, 0.25) is 0 Å². The monoisotopic (exact) mass is 215 g/mol. The van der Waals surface area contributed by atoms with E-state index in [9.17, 15) is 4.79 Å². The molecule has 4 heteroatoms. The summed E-state index contributed by atoms with van der Waals surface area (Å²) >= 11 is 0. The van der Waals surface area contributed by atoms with Crippen molar-refractivity contribution in [1.29, 1.82) is 0 Å². The Bertz CT molecular complexity index is 210. The molecule has 0 spiro atoms. The van der Waals surface area contributed by atoms with Crippen molar-refractivity contribution in [3.63, 3.8) is 0 Å². The Morgan fingerprint density at radius 1 is 1.40 bits per heavy atom. The van der Waals surface area contributed by atoms with Crippen molar-refractivity contribution in [2.24, 2.45) is 5.41 Å². The highest BCUT2D eigenvalue weighted by Crippen LogP contribution is 2.19. The van der Waals surface area contributed by atoms with E-state index in [1.807, 2.05) is 20.8 Å². The molecule has 1 fully saturated rings. The lowest BCUT2D eigenvalue weighted by Gasteiger charge is -2.33. The van der Waals surface area contributed by atoms with Crippen LogP contribution in [0.3, 0.4) is 0 Å². The Labute approximate surface area is 91.5 Å². The number of morpholine rings is 1. The predicted octanol–water partition coefficient (Wildman–Crippen LogP) is 0.908. The number of rotatable bonds is 4. The molecule has 1 aliphatic rings. The van der Waals surface area contributed by atoms with Gasteiger partial charge in [-0.1, -0.05) is 0 Å². The van der Waals surface area contributed by atoms with Crippen LogP contribution in [0, 0.1) is 5.41 Å². The van der Waals surface area contributed by atoms with Gasteiger partial charge in [0.05, 0.1) is 25.2 Å². The second-order valence-corrected chi connectivity index (χ2v) is 4.49. The third-order valence-corrected chi connectivity index (χ3v) is 2.55. The van der Waals surface area contributed by atoms with Gasteiger partial charge in [0.25, 0.3) is 0 Å². The molecule has 0 aliphatic carbocycles. The number of nitrogens with zero attached hydrogens (tertiary/aromatic N) is 1. The molecule has 1 rings (SSSR count). The SMILES string of the molecule is CCOC(=O)C(C)(C)CN1CCOCC1. The molecule has 0 unspecified atom stereocenters. The highest BCUT2D eigenvalue weighted by atomic mass is 16.5. The van der Waals surface area contributed by atoms with Crippen LogP contribution in [0.2, 0.25) is 0 Å². The summed E-state index contributed by atoms with van der Waals surface area (Å²) in [6.07, 6.45) is 0. The fourth-order valence-corrected chi connectivity index (χ4v) is 1.71. The molecule has 0 amide bonds. The van der Waals surface area contributed by atoms with Gasteiger partial charge < -0.3 is 9.47 Å². The van der Waals surface area contributed by atoms with Gasteiger partial charge >= 0.3 is 5.97 Å². The van der Waals surface area contributed by atoms with Crippen molar-refractivity contribution in [2.75, 3.05) is 39.5 Å². The highest BCUT2D eigenvalue weighted by molar-refractivity contribution is 5.76. The Morgan fingerprint density at radius 3 is 2.53 bits per heavy atom. The van der Waals surface area contributed by atoms with Crippen LogP contribution in [0.4, 0.5) is 0 Å². The highest BCUT2D eigenvalue weighted by Gasteiger charge is 2.31. The summed E-state index contributed by atoms with van der Waals surface area (Å²) in [6.45, 7) is 10.2. The Hall–Kier alpha value is -0.610. The number of hydrogen-bond acceptors (Lipinski definition) is 4. The first-order valence-electron chi connectivity index (χ1n) is 5.53. The van der Waals surface area contributed by atoms with Crippen molar-refractivity contribution in [3.05, 3.63) is 0 Å². The Morgan fingerprint density at radius 2 is 2.00 bits per heavy atom. The molecule has 15 heavy (non-hydrogen) atoms. The quantitative estimate of drug-likeness (QED) is 0.653. The molecule has 0 radical (unpaired) electrons. The standard InChI is InChI=1S/C11H21NO3/c1-4-15-10(13)11(2,3)9-12-5-7-14-8-6-12/h4-9H2,1-3H3. The maximum Gasteiger partial charge on any atom is 0.312 e. The van der Waals surface area contributed by atoms with E-state index in [0.717, 1.165) is 32.8 Å². The predicted molar refractivity (Wildman–Crippen MR) is 57.7 cm³/mol. The molecule has 0 bridgehead atoms. The normalized spacial score (nSPS) is 18.9. The van der Waals surface area contributed by atoms with Gasteiger partial charge in [0, 0.05) is 19.6 Å². The molecule has 0 aromatic rings. The van der Waals surface area contributed by atoms with Gasteiger partial charge in [0.15, 0.2) is 0 Å². The lowest BCUT2D eigenvalue weighted by atomic mass is 9.93. The summed E-state index contributed by atoms with van der Waals surface area (Å²) in [6, 6.07) is 0. The molecule has 88 valence electrons. The molecule has 1 heterocycles. The fraction of sp³-hybridized carbons (Fsp3) is 0.909. The van der Waals surface area contributed by atoms with E-state index in [1.165, 1.54) is 0 Å². The summed E-state index contributed by atoms with van der Waals surface area (Å²) < 4.78 is 10.3. The fourth-order valence-electron chi connectivity index (χ4n) is 1.71. The maximum absolute atomic E-state index is 11.7. The van der Waals surface area contributed by atoms with Gasteiger partial charge in [-0.3, -0.25) is 9.69 Å². The zero-order valence-electron chi connectivity index (χ0n) is 9.91. The molecule has 0 saturated carbocycles. The minimum Gasteiger partial charge on any atom is -0.466 e. The Balaban J connectivity index is 2.42. The van der Waals surface area contributed by atoms with Crippen LogP contribution in [-0.4, -0.2) is 50.3 Å². The van der Waals surface area contributed by atoms with Gasteiger partial charge in [-0.05, 0) is 20.8 Å². The van der Waals surface area contributed by atoms with Gasteiger partial charge in [-0.2, -0.15) is 0 Å². The number of esters is 1. The second kappa shape index (κ2) is 5.47. The van der Waals surface area contributed by atoms with Crippen LogP contribution in [-0.2, 0) is 14.3 Å². The summed E-state index contributed by atoms with van der Waals surface area (Å²) in [5.41, 5.74) is -0.423. The first kappa shape index (κ1) is 12.5. The summed E-state index contributed by atoms with van der Waals surface area (Å²) in [4.78, 5) is 13.9. The third-order valence-electron chi connectivity index (χ3n) is 2.55. The maximum atomic E-state index is 11.7. The minimum absolute atomic E-state index is 0.114. The molecular formula is C11H21NO3. The van der Waals surface area contributed by atoms with Crippen LogP contribution in [0.15, 0.2) is 0 Å². The first-order chi connectivity index (χ1) is 7.06.